The van der Waals surface area contributed by atoms with Crippen molar-refractivity contribution < 1.29 is 4.39 Å². The van der Waals surface area contributed by atoms with Crippen LogP contribution < -0.4 is 5.32 Å². The van der Waals surface area contributed by atoms with E-state index in [0.29, 0.717) is 5.02 Å². The highest BCUT2D eigenvalue weighted by atomic mass is 35.5. The number of halogens is 2. The molecule has 0 amide bonds. The zero-order valence-corrected chi connectivity index (χ0v) is 13.0. The number of rotatable bonds is 3. The lowest BCUT2D eigenvalue weighted by atomic mass is 9.94. The summed E-state index contributed by atoms with van der Waals surface area (Å²) in [5.74, 6) is -0.222. The van der Waals surface area contributed by atoms with Crippen LogP contribution in [0.3, 0.4) is 0 Å². The zero-order valence-electron chi connectivity index (χ0n) is 12.2. The van der Waals surface area contributed by atoms with Crippen LogP contribution >= 0.6 is 11.6 Å². The van der Waals surface area contributed by atoms with Crippen molar-refractivity contribution in [1.29, 1.82) is 0 Å². The minimum atomic E-state index is -0.222. The molecule has 0 aliphatic carbocycles. The molecule has 1 unspecified atom stereocenters. The Balaban J connectivity index is 2.55. The molecular weight excluding hydrogens is 273 g/mol. The molecule has 1 nitrogen and oxygen atoms in total. The second-order valence-corrected chi connectivity index (χ2v) is 5.65. The van der Waals surface area contributed by atoms with E-state index in [-0.39, 0.29) is 11.9 Å². The predicted octanol–water partition coefficient (Wildman–Crippen LogP) is 4.71. The fourth-order valence-corrected chi connectivity index (χ4v) is 2.78. The van der Waals surface area contributed by atoms with Crippen LogP contribution in [0.2, 0.25) is 5.02 Å². The molecule has 0 saturated carbocycles. The van der Waals surface area contributed by atoms with Gasteiger partial charge >= 0.3 is 0 Å². The van der Waals surface area contributed by atoms with Gasteiger partial charge in [0.2, 0.25) is 0 Å². The third-order valence-electron chi connectivity index (χ3n) is 3.61. The van der Waals surface area contributed by atoms with Crippen LogP contribution in [-0.4, -0.2) is 7.05 Å². The smallest absolute Gasteiger partial charge is 0.123 e. The van der Waals surface area contributed by atoms with Gasteiger partial charge < -0.3 is 5.32 Å². The number of nitrogens with one attached hydrogen (secondary N) is 1. The van der Waals surface area contributed by atoms with Gasteiger partial charge in [-0.05, 0) is 73.8 Å². The van der Waals surface area contributed by atoms with Gasteiger partial charge in [0.25, 0.3) is 0 Å². The van der Waals surface area contributed by atoms with Crippen LogP contribution in [0.4, 0.5) is 4.39 Å². The highest BCUT2D eigenvalue weighted by Crippen LogP contribution is 2.31. The molecule has 0 bridgehead atoms. The van der Waals surface area contributed by atoms with Crippen molar-refractivity contribution in [3.8, 4) is 0 Å². The summed E-state index contributed by atoms with van der Waals surface area (Å²) in [6, 6.07) is 8.98. The molecular formula is C17H19ClFN. The summed E-state index contributed by atoms with van der Waals surface area (Å²) in [4.78, 5) is 0. The Labute approximate surface area is 124 Å². The first-order chi connectivity index (χ1) is 9.42. The molecule has 3 heteroatoms. The van der Waals surface area contributed by atoms with E-state index in [1.807, 2.05) is 33.0 Å². The van der Waals surface area contributed by atoms with Crippen LogP contribution in [0.5, 0.6) is 0 Å². The number of aryl methyl sites for hydroxylation is 3. The molecule has 0 fully saturated rings. The lowest BCUT2D eigenvalue weighted by Crippen LogP contribution is -2.18. The van der Waals surface area contributed by atoms with Crippen molar-refractivity contribution in [3.05, 3.63) is 69.0 Å². The first-order valence-electron chi connectivity index (χ1n) is 6.63. The van der Waals surface area contributed by atoms with Gasteiger partial charge in [-0.25, -0.2) is 4.39 Å². The Morgan fingerprint density at radius 1 is 1.00 bits per heavy atom. The van der Waals surface area contributed by atoms with E-state index < -0.39 is 0 Å². The average molecular weight is 292 g/mol. The molecule has 20 heavy (non-hydrogen) atoms. The molecule has 0 spiro atoms. The van der Waals surface area contributed by atoms with Gasteiger partial charge in [0.15, 0.2) is 0 Å². The maximum Gasteiger partial charge on any atom is 0.123 e. The Kier molecular flexibility index (Phi) is 4.46. The summed E-state index contributed by atoms with van der Waals surface area (Å²) in [6.45, 7) is 5.98. The van der Waals surface area contributed by atoms with Gasteiger partial charge in [-0.2, -0.15) is 0 Å². The van der Waals surface area contributed by atoms with Crippen LogP contribution in [0, 0.1) is 26.6 Å². The summed E-state index contributed by atoms with van der Waals surface area (Å²) in [6.07, 6.45) is 0. The normalized spacial score (nSPS) is 12.5. The maximum absolute atomic E-state index is 13.6. The topological polar surface area (TPSA) is 12.0 Å². The number of hydrogen-bond donors (Lipinski definition) is 1. The maximum atomic E-state index is 13.6. The fourth-order valence-electron chi connectivity index (χ4n) is 2.46. The van der Waals surface area contributed by atoms with Crippen molar-refractivity contribution in [1.82, 2.24) is 5.32 Å². The van der Waals surface area contributed by atoms with E-state index in [1.54, 1.807) is 6.07 Å². The SMILES string of the molecule is CNC(c1cc(C)cc(F)c1)c1cc(C)c(C)cc1Cl. The van der Waals surface area contributed by atoms with Gasteiger partial charge in [0, 0.05) is 5.02 Å². The van der Waals surface area contributed by atoms with E-state index >= 15 is 0 Å². The highest BCUT2D eigenvalue weighted by molar-refractivity contribution is 6.31. The summed E-state index contributed by atoms with van der Waals surface area (Å²) in [7, 11) is 1.86. The van der Waals surface area contributed by atoms with Crippen LogP contribution in [0.25, 0.3) is 0 Å². The van der Waals surface area contributed by atoms with Gasteiger partial charge in [0.05, 0.1) is 6.04 Å². The third-order valence-corrected chi connectivity index (χ3v) is 3.94. The van der Waals surface area contributed by atoms with Crippen molar-refractivity contribution in [2.75, 3.05) is 7.05 Å². The van der Waals surface area contributed by atoms with E-state index in [2.05, 4.69) is 18.3 Å². The Morgan fingerprint density at radius 2 is 1.65 bits per heavy atom. The minimum absolute atomic E-state index is 0.115. The fraction of sp³-hybridized carbons (Fsp3) is 0.294. The van der Waals surface area contributed by atoms with E-state index in [1.165, 1.54) is 11.6 Å². The second-order valence-electron chi connectivity index (χ2n) is 5.24. The van der Waals surface area contributed by atoms with Crippen molar-refractivity contribution in [3.63, 3.8) is 0 Å². The van der Waals surface area contributed by atoms with Crippen molar-refractivity contribution in [2.24, 2.45) is 0 Å². The largest absolute Gasteiger partial charge is 0.309 e. The average Bonchev–Trinajstić information content (AvgIpc) is 2.35. The van der Waals surface area contributed by atoms with E-state index in [4.69, 9.17) is 11.6 Å². The Morgan fingerprint density at radius 3 is 2.25 bits per heavy atom. The summed E-state index contributed by atoms with van der Waals surface area (Å²) in [5.41, 5.74) is 5.10. The summed E-state index contributed by atoms with van der Waals surface area (Å²) < 4.78 is 13.6. The monoisotopic (exact) mass is 291 g/mol. The second kappa shape index (κ2) is 5.94. The van der Waals surface area contributed by atoms with Crippen molar-refractivity contribution in [2.45, 2.75) is 26.8 Å². The first-order valence-corrected chi connectivity index (χ1v) is 7.01. The lowest BCUT2D eigenvalue weighted by molar-refractivity contribution is 0.615. The van der Waals surface area contributed by atoms with Crippen LogP contribution in [-0.2, 0) is 0 Å². The third kappa shape index (κ3) is 3.02. The Hall–Kier alpha value is -1.38. The van der Waals surface area contributed by atoms with Crippen LogP contribution in [0.1, 0.15) is 33.9 Å². The molecule has 0 aliphatic heterocycles. The molecule has 0 heterocycles. The standard InChI is InChI=1S/C17H19ClFN/c1-10-5-13(9-14(19)6-10)17(20-4)15-7-11(2)12(3)8-16(15)18/h5-9,17,20H,1-4H3. The Bertz CT molecular complexity index is 617. The highest BCUT2D eigenvalue weighted by Gasteiger charge is 2.17. The van der Waals surface area contributed by atoms with Gasteiger partial charge in [-0.3, -0.25) is 0 Å². The van der Waals surface area contributed by atoms with Gasteiger partial charge in [-0.1, -0.05) is 23.7 Å². The molecule has 0 saturated heterocycles. The molecule has 0 aromatic heterocycles. The van der Waals surface area contributed by atoms with E-state index in [9.17, 15) is 4.39 Å². The molecule has 0 radical (unpaired) electrons. The number of benzene rings is 2. The van der Waals surface area contributed by atoms with E-state index in [0.717, 1.165) is 22.3 Å². The summed E-state index contributed by atoms with van der Waals surface area (Å²) in [5, 5.41) is 3.93. The van der Waals surface area contributed by atoms with Crippen LogP contribution in [0.15, 0.2) is 30.3 Å². The molecule has 2 rings (SSSR count). The molecule has 106 valence electrons. The quantitative estimate of drug-likeness (QED) is 0.863. The summed E-state index contributed by atoms with van der Waals surface area (Å²) >= 11 is 6.37. The molecule has 2 aromatic rings. The zero-order chi connectivity index (χ0) is 14.9. The molecule has 2 aromatic carbocycles. The minimum Gasteiger partial charge on any atom is -0.309 e. The molecule has 1 atom stereocenters. The predicted molar refractivity (Wildman–Crippen MR) is 83.0 cm³/mol. The van der Waals surface area contributed by atoms with Gasteiger partial charge in [0.1, 0.15) is 5.82 Å². The van der Waals surface area contributed by atoms with Crippen molar-refractivity contribution >= 4 is 11.6 Å². The van der Waals surface area contributed by atoms with Gasteiger partial charge in [-0.15, -0.1) is 0 Å². The molecule has 0 aliphatic rings. The molecule has 1 N–H and O–H groups in total. The number of hydrogen-bond acceptors (Lipinski definition) is 1. The first kappa shape index (κ1) is 15.0. The lowest BCUT2D eigenvalue weighted by Gasteiger charge is -2.20.